The van der Waals surface area contributed by atoms with Gasteiger partial charge in [-0.05, 0) is 109 Å². The van der Waals surface area contributed by atoms with Crippen LogP contribution in [0.1, 0.15) is 78.2 Å². The van der Waals surface area contributed by atoms with Crippen LogP contribution in [0.4, 0.5) is 0 Å². The highest BCUT2D eigenvalue weighted by molar-refractivity contribution is 6.10. The number of carbonyl (C=O) groups is 4. The zero-order chi connectivity index (χ0) is 45.1. The van der Waals surface area contributed by atoms with Crippen molar-refractivity contribution in [3.63, 3.8) is 0 Å². The zero-order valence-corrected chi connectivity index (χ0v) is 39.6. The number of ether oxygens (including phenoxy) is 3. The molecular weight excluding hydrogens is 865 g/mol. The lowest BCUT2D eigenvalue weighted by atomic mass is 9.92. The van der Waals surface area contributed by atoms with Crippen LogP contribution in [0.25, 0.3) is 32.7 Å². The number of hydrogen-bond donors (Lipinski definition) is 5. The molecule has 0 aliphatic heterocycles. The molecule has 0 heterocycles. The first-order chi connectivity index (χ1) is 30.5. The van der Waals surface area contributed by atoms with E-state index in [9.17, 15) is 19.2 Å². The van der Waals surface area contributed by atoms with Gasteiger partial charge in [0.05, 0.1) is 6.61 Å². The van der Waals surface area contributed by atoms with Crippen LogP contribution < -0.4 is 36.9 Å². The second-order valence-electron chi connectivity index (χ2n) is 16.8. The van der Waals surface area contributed by atoms with E-state index in [1.165, 1.54) is 0 Å². The number of carbonyl (C=O) groups excluding carboxylic acids is 4. The molecule has 5 rings (SSSR count). The minimum atomic E-state index is -1.03. The lowest BCUT2D eigenvalue weighted by Gasteiger charge is -2.26. The summed E-state index contributed by atoms with van der Waals surface area (Å²) in [4.78, 5) is 55.0. The van der Waals surface area contributed by atoms with Crippen molar-refractivity contribution in [3.8, 4) is 22.6 Å². The minimum absolute atomic E-state index is 0. The first-order valence-electron chi connectivity index (χ1n) is 22.3. The molecule has 0 unspecified atom stereocenters. The van der Waals surface area contributed by atoms with Crippen LogP contribution in [0.15, 0.2) is 103 Å². The van der Waals surface area contributed by atoms with E-state index in [1.807, 2.05) is 105 Å². The molecule has 0 bridgehead atoms. The molecule has 7 N–H and O–H groups in total. The third-order valence-corrected chi connectivity index (χ3v) is 10.8. The number of unbranched alkanes of at least 4 members (excludes halogenated alkanes) is 1. The number of esters is 1. The van der Waals surface area contributed by atoms with Crippen LogP contribution in [0.3, 0.4) is 0 Å². The van der Waals surface area contributed by atoms with E-state index in [-0.39, 0.29) is 63.3 Å². The van der Waals surface area contributed by atoms with E-state index < -0.39 is 41.8 Å². The Bertz CT molecular complexity index is 2280. The van der Waals surface area contributed by atoms with Crippen molar-refractivity contribution in [2.75, 3.05) is 26.3 Å². The average Bonchev–Trinajstić information content (AvgIpc) is 3.28. The van der Waals surface area contributed by atoms with Crippen LogP contribution in [0.5, 0.6) is 11.5 Å². The molecule has 0 radical (unpaired) electrons. The van der Waals surface area contributed by atoms with Crippen LogP contribution in [0.2, 0.25) is 0 Å². The Morgan fingerprint density at radius 1 is 0.554 bits per heavy atom. The number of hydrogen-bond acceptors (Lipinski definition) is 9. The largest absolute Gasteiger partial charge is 0.493 e. The fourth-order valence-corrected chi connectivity index (χ4v) is 7.46. The zero-order valence-electron chi connectivity index (χ0n) is 38.0. The highest BCUT2D eigenvalue weighted by Gasteiger charge is 2.31. The highest BCUT2D eigenvalue weighted by Crippen LogP contribution is 2.45. The summed E-state index contributed by atoms with van der Waals surface area (Å²) in [6.45, 7) is 9.11. The number of benzene rings is 5. The van der Waals surface area contributed by atoms with Crippen molar-refractivity contribution in [1.82, 2.24) is 16.0 Å². The summed E-state index contributed by atoms with van der Waals surface area (Å²) in [7, 11) is 0. The summed E-state index contributed by atoms with van der Waals surface area (Å²) in [6.07, 6.45) is 3.31. The van der Waals surface area contributed by atoms with Crippen LogP contribution in [-0.4, -0.2) is 68.1 Å². The number of amides is 3. The van der Waals surface area contributed by atoms with E-state index in [0.717, 1.165) is 44.7 Å². The molecule has 3 atom stereocenters. The normalized spacial score (nSPS) is 12.4. The molecule has 0 saturated heterocycles. The quantitative estimate of drug-likeness (QED) is 0.0283. The first kappa shape index (κ1) is 53.9. The topological polar surface area (TPSA) is 184 Å². The van der Waals surface area contributed by atoms with E-state index in [1.54, 1.807) is 0 Å². The second kappa shape index (κ2) is 27.8. The van der Waals surface area contributed by atoms with Gasteiger partial charge in [0.15, 0.2) is 6.61 Å². The Labute approximate surface area is 396 Å². The molecular formula is C51H67Cl2N5O7. The lowest BCUT2D eigenvalue weighted by molar-refractivity contribution is -0.150. The summed E-state index contributed by atoms with van der Waals surface area (Å²) >= 11 is 0. The lowest BCUT2D eigenvalue weighted by Crippen LogP contribution is -2.56. The Kier molecular flexibility index (Phi) is 23.1. The number of nitrogens with one attached hydrogen (secondary N) is 3. The molecule has 352 valence electrons. The van der Waals surface area contributed by atoms with Gasteiger partial charge >= 0.3 is 5.97 Å². The van der Waals surface area contributed by atoms with Gasteiger partial charge in [-0.1, -0.05) is 119 Å². The molecule has 0 aromatic heterocycles. The monoisotopic (exact) mass is 931 g/mol. The molecule has 5 aromatic rings. The standard InChI is InChI=1S/C51H65N5O7.2ClH/c1-34(2)27-30-61-44-25-23-37-17-8-10-19-39(37)47(44)48-40-20-11-9-18-38(40)24-26-45(48)62-33-46(57)54-41(21-12-13-28-52)49(58)55-42(22-14-29-53)50(59)56-43(31-35(3)4)51(60)63-32-36-15-6-5-7-16-36;;/h5-11,15-20,23-26,34-35,41-43H,12-14,21-22,27-33,52-53H2,1-4H3,(H,54,57)(H,55,58)(H,56,59);2*1H/t41-,42-,43+;;/m1../s1. The molecule has 65 heavy (non-hydrogen) atoms. The van der Waals surface area contributed by atoms with E-state index in [0.29, 0.717) is 56.3 Å². The van der Waals surface area contributed by atoms with Gasteiger partial charge in [-0.3, -0.25) is 14.4 Å². The molecule has 0 saturated carbocycles. The van der Waals surface area contributed by atoms with Crippen LogP contribution in [0, 0.1) is 11.8 Å². The van der Waals surface area contributed by atoms with E-state index >= 15 is 0 Å². The van der Waals surface area contributed by atoms with Crippen molar-refractivity contribution in [2.24, 2.45) is 23.3 Å². The third-order valence-electron chi connectivity index (χ3n) is 10.8. The summed E-state index contributed by atoms with van der Waals surface area (Å²) in [5.41, 5.74) is 14.1. The van der Waals surface area contributed by atoms with E-state index in [4.69, 9.17) is 25.7 Å². The van der Waals surface area contributed by atoms with E-state index in [2.05, 4.69) is 41.9 Å². The van der Waals surface area contributed by atoms with Crippen molar-refractivity contribution in [1.29, 1.82) is 0 Å². The number of fused-ring (bicyclic) bond motifs is 2. The first-order valence-corrected chi connectivity index (χ1v) is 22.3. The summed E-state index contributed by atoms with van der Waals surface area (Å²) < 4.78 is 18.5. The van der Waals surface area contributed by atoms with Gasteiger partial charge in [0, 0.05) is 11.1 Å². The summed E-state index contributed by atoms with van der Waals surface area (Å²) in [6, 6.07) is 30.3. The molecule has 0 spiro atoms. The fourth-order valence-electron chi connectivity index (χ4n) is 7.46. The Morgan fingerprint density at radius 3 is 1.65 bits per heavy atom. The minimum Gasteiger partial charge on any atom is -0.493 e. The Morgan fingerprint density at radius 2 is 1.08 bits per heavy atom. The number of halogens is 2. The molecule has 12 nitrogen and oxygen atoms in total. The maximum atomic E-state index is 14.0. The van der Waals surface area contributed by atoms with Gasteiger partial charge in [0.25, 0.3) is 5.91 Å². The van der Waals surface area contributed by atoms with Gasteiger partial charge in [0.2, 0.25) is 11.8 Å². The van der Waals surface area contributed by atoms with Crippen molar-refractivity contribution in [2.45, 2.75) is 97.4 Å². The third kappa shape index (κ3) is 16.2. The smallest absolute Gasteiger partial charge is 0.328 e. The van der Waals surface area contributed by atoms with Gasteiger partial charge in [-0.25, -0.2) is 4.79 Å². The predicted octanol–water partition coefficient (Wildman–Crippen LogP) is 8.42. The summed E-state index contributed by atoms with van der Waals surface area (Å²) in [5.74, 6) is -0.462. The molecule has 14 heteroatoms. The van der Waals surface area contributed by atoms with Gasteiger partial charge in [0.1, 0.15) is 36.2 Å². The number of rotatable bonds is 25. The molecule has 0 aliphatic rings. The molecule has 0 aliphatic carbocycles. The maximum Gasteiger partial charge on any atom is 0.328 e. The molecule has 0 fully saturated rings. The van der Waals surface area contributed by atoms with Crippen LogP contribution >= 0.6 is 24.8 Å². The Balaban J connectivity index is 0.00000561. The van der Waals surface area contributed by atoms with Crippen molar-refractivity contribution < 1.29 is 33.4 Å². The highest BCUT2D eigenvalue weighted by atomic mass is 35.5. The molecule has 5 aromatic carbocycles. The average molecular weight is 933 g/mol. The van der Waals surface area contributed by atoms with Gasteiger partial charge < -0.3 is 41.6 Å². The second-order valence-corrected chi connectivity index (χ2v) is 16.8. The molecule has 3 amide bonds. The van der Waals surface area contributed by atoms with Gasteiger partial charge in [-0.2, -0.15) is 0 Å². The Hall–Kier alpha value is -5.40. The number of nitrogens with two attached hydrogens (primary N) is 2. The van der Waals surface area contributed by atoms with Crippen molar-refractivity contribution in [3.05, 3.63) is 109 Å². The maximum absolute atomic E-state index is 14.0. The fraction of sp³-hybridized carbons (Fsp3) is 0.412. The SMILES string of the molecule is CC(C)CCOc1ccc2ccccc2c1-c1c(OCC(=O)N[C@H](CCCCN)C(=O)N[C@H](CCCN)C(=O)N[C@@H](CC(C)C)C(=O)OCc2ccccc2)ccc2ccccc12.Cl.Cl. The predicted molar refractivity (Wildman–Crippen MR) is 265 cm³/mol. The summed E-state index contributed by atoms with van der Waals surface area (Å²) in [5, 5.41) is 12.5. The van der Waals surface area contributed by atoms with Crippen molar-refractivity contribution >= 4 is 70.0 Å². The van der Waals surface area contributed by atoms with Crippen LogP contribution in [-0.2, 0) is 30.5 Å². The van der Waals surface area contributed by atoms with Gasteiger partial charge in [-0.15, -0.1) is 24.8 Å².